The number of fused-ring (bicyclic) bond motifs is 4. The Bertz CT molecular complexity index is 1010. The Morgan fingerprint density at radius 1 is 1.00 bits per heavy atom. The Hall–Kier alpha value is -2.94. The van der Waals surface area contributed by atoms with Crippen LogP contribution in [0.5, 0.6) is 0 Å². The molecule has 3 heteroatoms. The molecule has 0 spiro atoms. The zero-order valence-electron chi connectivity index (χ0n) is 12.7. The van der Waals surface area contributed by atoms with Gasteiger partial charge in [-0.2, -0.15) is 0 Å². The molecule has 4 rings (SSSR count). The van der Waals surface area contributed by atoms with Crippen molar-refractivity contribution in [2.24, 2.45) is 0 Å². The van der Waals surface area contributed by atoms with E-state index in [4.69, 9.17) is 0 Å². The summed E-state index contributed by atoms with van der Waals surface area (Å²) in [6.07, 6.45) is 2.13. The fraction of sp³-hybridized carbons (Fsp3) is 0.100. The van der Waals surface area contributed by atoms with Gasteiger partial charge in [0.05, 0.1) is 6.42 Å². The minimum atomic E-state index is -0.153. The van der Waals surface area contributed by atoms with Crippen LogP contribution in [0.3, 0.4) is 0 Å². The first kappa shape index (κ1) is 13.7. The second-order valence-corrected chi connectivity index (χ2v) is 5.90. The summed E-state index contributed by atoms with van der Waals surface area (Å²) < 4.78 is 0. The quantitative estimate of drug-likeness (QED) is 0.689. The highest BCUT2D eigenvalue weighted by Gasteiger charge is 2.21. The molecule has 3 nitrogen and oxygen atoms in total. The highest BCUT2D eigenvalue weighted by Crippen LogP contribution is 2.32. The molecule has 1 aliphatic carbocycles. The number of carbonyl (C=O) groups excluding carboxylic acids is 2. The molecule has 1 amide bonds. The fourth-order valence-corrected chi connectivity index (χ4v) is 3.27. The summed E-state index contributed by atoms with van der Waals surface area (Å²) in [6.45, 7) is 1.45. The molecule has 1 aliphatic rings. The van der Waals surface area contributed by atoms with Crippen molar-refractivity contribution in [2.75, 3.05) is 0 Å². The van der Waals surface area contributed by atoms with Crippen LogP contribution < -0.4 is 5.32 Å². The maximum atomic E-state index is 12.6. The van der Waals surface area contributed by atoms with Gasteiger partial charge in [-0.05, 0) is 45.3 Å². The van der Waals surface area contributed by atoms with E-state index in [-0.39, 0.29) is 18.1 Å². The molecule has 23 heavy (non-hydrogen) atoms. The SMILES string of the molecule is CC(=O)NC1=Cc2ccc3cc4ccccc4cc3c2C(=O)C1. The molecule has 3 aromatic rings. The van der Waals surface area contributed by atoms with Crippen molar-refractivity contribution in [3.8, 4) is 0 Å². The van der Waals surface area contributed by atoms with Crippen LogP contribution in [0.1, 0.15) is 29.3 Å². The van der Waals surface area contributed by atoms with Gasteiger partial charge in [0.1, 0.15) is 0 Å². The molecular formula is C20H15NO2. The van der Waals surface area contributed by atoms with E-state index in [1.165, 1.54) is 6.92 Å². The van der Waals surface area contributed by atoms with Crippen molar-refractivity contribution < 1.29 is 9.59 Å². The van der Waals surface area contributed by atoms with Gasteiger partial charge in [0, 0.05) is 18.2 Å². The number of ketones is 1. The van der Waals surface area contributed by atoms with E-state index in [2.05, 4.69) is 29.6 Å². The number of benzene rings is 3. The topological polar surface area (TPSA) is 46.2 Å². The number of allylic oxidation sites excluding steroid dienone is 1. The molecular weight excluding hydrogens is 286 g/mol. The molecule has 1 N–H and O–H groups in total. The van der Waals surface area contributed by atoms with E-state index in [0.29, 0.717) is 5.70 Å². The number of nitrogens with one attached hydrogen (secondary N) is 1. The molecule has 0 saturated carbocycles. The maximum absolute atomic E-state index is 12.6. The van der Waals surface area contributed by atoms with Gasteiger partial charge in [-0.15, -0.1) is 0 Å². The molecule has 0 bridgehead atoms. The van der Waals surface area contributed by atoms with Crippen LogP contribution in [0.15, 0.2) is 54.2 Å². The summed E-state index contributed by atoms with van der Waals surface area (Å²) in [7, 11) is 0. The molecule has 0 heterocycles. The standard InChI is InChI=1S/C20H15NO2/c1-12(22)21-17-9-16-7-6-15-8-13-4-2-3-5-14(13)10-18(15)20(16)19(23)11-17/h2-10H,11H2,1H3,(H,21,22). The largest absolute Gasteiger partial charge is 0.330 e. The lowest BCUT2D eigenvalue weighted by Gasteiger charge is -2.18. The van der Waals surface area contributed by atoms with Gasteiger partial charge in [0.15, 0.2) is 5.78 Å². The first-order valence-corrected chi connectivity index (χ1v) is 7.59. The maximum Gasteiger partial charge on any atom is 0.221 e. The molecule has 0 atom stereocenters. The molecule has 0 aliphatic heterocycles. The number of Topliss-reactive ketones (excluding diaryl/α,β-unsaturated/α-hetero) is 1. The van der Waals surface area contributed by atoms with Gasteiger partial charge >= 0.3 is 0 Å². The predicted octanol–water partition coefficient (Wildman–Crippen LogP) is 4.06. The van der Waals surface area contributed by atoms with Crippen LogP contribution in [0, 0.1) is 0 Å². The van der Waals surface area contributed by atoms with Crippen molar-refractivity contribution in [1.82, 2.24) is 5.32 Å². The van der Waals surface area contributed by atoms with Crippen molar-refractivity contribution in [3.63, 3.8) is 0 Å². The van der Waals surface area contributed by atoms with Gasteiger partial charge in [0.2, 0.25) is 5.91 Å². The van der Waals surface area contributed by atoms with Crippen molar-refractivity contribution in [2.45, 2.75) is 13.3 Å². The smallest absolute Gasteiger partial charge is 0.221 e. The summed E-state index contributed by atoms with van der Waals surface area (Å²) in [6, 6.07) is 16.3. The molecule has 3 aromatic carbocycles. The molecule has 0 fully saturated rings. The third kappa shape index (κ3) is 2.30. The predicted molar refractivity (Wildman–Crippen MR) is 92.2 cm³/mol. The van der Waals surface area contributed by atoms with E-state index in [0.717, 1.165) is 32.7 Å². The third-order valence-corrected chi connectivity index (χ3v) is 4.21. The Morgan fingerprint density at radius 3 is 2.48 bits per heavy atom. The number of amides is 1. The Labute approximate surface area is 133 Å². The van der Waals surface area contributed by atoms with Crippen molar-refractivity contribution in [1.29, 1.82) is 0 Å². The minimum Gasteiger partial charge on any atom is -0.330 e. The second-order valence-electron chi connectivity index (χ2n) is 5.90. The van der Waals surface area contributed by atoms with Crippen LogP contribution in [0.2, 0.25) is 0 Å². The van der Waals surface area contributed by atoms with Gasteiger partial charge in [-0.1, -0.05) is 36.4 Å². The normalized spacial score (nSPS) is 13.8. The molecule has 0 unspecified atom stereocenters. The van der Waals surface area contributed by atoms with Gasteiger partial charge in [0.25, 0.3) is 0 Å². The monoisotopic (exact) mass is 301 g/mol. The summed E-state index contributed by atoms with van der Waals surface area (Å²) >= 11 is 0. The van der Waals surface area contributed by atoms with Crippen LogP contribution in [-0.2, 0) is 4.79 Å². The molecule has 0 saturated heterocycles. The lowest BCUT2D eigenvalue weighted by molar-refractivity contribution is -0.118. The zero-order chi connectivity index (χ0) is 16.0. The summed E-state index contributed by atoms with van der Waals surface area (Å²) in [5.41, 5.74) is 2.28. The lowest BCUT2D eigenvalue weighted by Crippen LogP contribution is -2.23. The number of hydrogen-bond donors (Lipinski definition) is 1. The number of carbonyl (C=O) groups is 2. The van der Waals surface area contributed by atoms with Crippen LogP contribution >= 0.6 is 0 Å². The van der Waals surface area contributed by atoms with E-state index < -0.39 is 0 Å². The fourth-order valence-electron chi connectivity index (χ4n) is 3.27. The second kappa shape index (κ2) is 5.06. The Kier molecular flexibility index (Phi) is 3.01. The van der Waals surface area contributed by atoms with Crippen LogP contribution in [0.4, 0.5) is 0 Å². The van der Waals surface area contributed by atoms with Crippen molar-refractivity contribution >= 4 is 39.3 Å². The average Bonchev–Trinajstić information content (AvgIpc) is 2.51. The Morgan fingerprint density at radius 2 is 1.74 bits per heavy atom. The average molecular weight is 301 g/mol. The number of rotatable bonds is 1. The van der Waals surface area contributed by atoms with Crippen LogP contribution in [0.25, 0.3) is 27.6 Å². The molecule has 112 valence electrons. The van der Waals surface area contributed by atoms with Crippen molar-refractivity contribution in [3.05, 3.63) is 65.4 Å². The van der Waals surface area contributed by atoms with Gasteiger partial charge in [-0.3, -0.25) is 9.59 Å². The molecule has 0 aromatic heterocycles. The lowest BCUT2D eigenvalue weighted by atomic mass is 9.88. The third-order valence-electron chi connectivity index (χ3n) is 4.21. The van der Waals surface area contributed by atoms with Crippen LogP contribution in [-0.4, -0.2) is 11.7 Å². The highest BCUT2D eigenvalue weighted by atomic mass is 16.1. The first-order chi connectivity index (χ1) is 11.1. The van der Waals surface area contributed by atoms with E-state index in [1.54, 1.807) is 0 Å². The number of hydrogen-bond acceptors (Lipinski definition) is 2. The Balaban J connectivity index is 1.98. The highest BCUT2D eigenvalue weighted by molar-refractivity contribution is 6.16. The summed E-state index contributed by atoms with van der Waals surface area (Å²) in [4.78, 5) is 23.9. The first-order valence-electron chi connectivity index (χ1n) is 7.59. The van der Waals surface area contributed by atoms with E-state index in [1.807, 2.05) is 30.3 Å². The van der Waals surface area contributed by atoms with E-state index in [9.17, 15) is 9.59 Å². The minimum absolute atomic E-state index is 0.0483. The van der Waals surface area contributed by atoms with E-state index >= 15 is 0 Å². The van der Waals surface area contributed by atoms with Gasteiger partial charge in [-0.25, -0.2) is 0 Å². The molecule has 0 radical (unpaired) electrons. The summed E-state index contributed by atoms with van der Waals surface area (Å²) in [5.74, 6) is -0.105. The zero-order valence-corrected chi connectivity index (χ0v) is 12.7. The van der Waals surface area contributed by atoms with Gasteiger partial charge < -0.3 is 5.32 Å². The summed E-state index contributed by atoms with van der Waals surface area (Å²) in [5, 5.41) is 7.06.